The molecule has 1 spiro atoms. The van der Waals surface area contributed by atoms with Crippen LogP contribution in [-0.4, -0.2) is 42.9 Å². The van der Waals surface area contributed by atoms with E-state index in [0.717, 1.165) is 0 Å². The van der Waals surface area contributed by atoms with E-state index in [9.17, 15) is 4.79 Å². The molecule has 4 heteroatoms. The van der Waals surface area contributed by atoms with Gasteiger partial charge < -0.3 is 14.2 Å². The Hall–Kier alpha value is -0.710. The fourth-order valence-electron chi connectivity index (χ4n) is 3.29. The summed E-state index contributed by atoms with van der Waals surface area (Å²) in [4.78, 5) is 12.6. The molecule has 2 saturated heterocycles. The van der Waals surface area contributed by atoms with Crippen LogP contribution in [0, 0.1) is 5.92 Å². The third-order valence-corrected chi connectivity index (χ3v) is 4.59. The lowest BCUT2D eigenvalue weighted by atomic mass is 9.69. The molecule has 0 N–H and O–H groups in total. The average molecular weight is 283 g/mol. The lowest BCUT2D eigenvalue weighted by Gasteiger charge is -2.37. The molecule has 0 unspecified atom stereocenters. The van der Waals surface area contributed by atoms with Crippen LogP contribution in [0.2, 0.25) is 0 Å². The van der Waals surface area contributed by atoms with Crippen molar-refractivity contribution in [3.05, 3.63) is 11.6 Å². The number of carbonyl (C=O) groups excluding carboxylic acids is 1. The summed E-state index contributed by atoms with van der Waals surface area (Å²) in [5.74, 6) is -1.48. The molecular formula is C16H24O4. The van der Waals surface area contributed by atoms with Gasteiger partial charge in [0, 0.05) is 16.2 Å². The predicted octanol–water partition coefficient (Wildman–Crippen LogP) is 2.26. The van der Waals surface area contributed by atoms with Crippen molar-refractivity contribution >= 4 is 5.78 Å². The predicted molar refractivity (Wildman–Crippen MR) is 74.5 cm³/mol. The van der Waals surface area contributed by atoms with Gasteiger partial charge in [0.1, 0.15) is 17.3 Å². The smallest absolute Gasteiger partial charge is 0.162 e. The zero-order valence-corrected chi connectivity index (χ0v) is 12.5. The van der Waals surface area contributed by atoms with Gasteiger partial charge in [0.15, 0.2) is 5.78 Å². The molecule has 0 bridgehead atoms. The Labute approximate surface area is 124 Å². The van der Waals surface area contributed by atoms with Crippen molar-refractivity contribution in [2.75, 3.05) is 13.7 Å². The van der Waals surface area contributed by atoms with E-state index in [0.29, 0.717) is 13.0 Å². The van der Waals surface area contributed by atoms with Gasteiger partial charge in [-0.05, 0) is 33.6 Å². The molecule has 3 fully saturated rings. The van der Waals surface area contributed by atoms with E-state index in [1.54, 1.807) is 0 Å². The number of ether oxygens (including phenoxy) is 3. The highest BCUT2D eigenvalue weighted by molar-refractivity contribution is 5.85. The molecule has 0 radical (unpaired) electrons. The summed E-state index contributed by atoms with van der Waals surface area (Å²) in [6.07, 6.45) is -1.50. The quantitative estimate of drug-likeness (QED) is 0.586. The lowest BCUT2D eigenvalue weighted by molar-refractivity contribution is -0.142. The molecule has 3 rings (SSSR count). The molecule has 5 atom stereocenters. The molecule has 0 amide bonds. The first-order valence-electron chi connectivity index (χ1n) is 8.57. The van der Waals surface area contributed by atoms with E-state index in [1.165, 1.54) is 12.7 Å². The fraction of sp³-hybridized carbons (Fsp3) is 0.812. The zero-order chi connectivity index (χ0) is 17.3. The Morgan fingerprint density at radius 1 is 1.65 bits per heavy atom. The van der Waals surface area contributed by atoms with Gasteiger partial charge in [0.05, 0.1) is 20.0 Å². The van der Waals surface area contributed by atoms with Crippen molar-refractivity contribution in [1.82, 2.24) is 0 Å². The third-order valence-electron chi connectivity index (χ3n) is 4.59. The number of ketones is 1. The van der Waals surface area contributed by atoms with Crippen molar-refractivity contribution in [3.63, 3.8) is 0 Å². The Bertz CT molecular complexity index is 568. The van der Waals surface area contributed by atoms with E-state index >= 15 is 0 Å². The van der Waals surface area contributed by atoms with Gasteiger partial charge >= 0.3 is 0 Å². The number of carbonyl (C=O) groups is 1. The molecule has 20 heavy (non-hydrogen) atoms. The molecule has 3 aliphatic rings. The number of hydrogen-bond donors (Lipinski definition) is 0. The summed E-state index contributed by atoms with van der Waals surface area (Å²) in [6, 6.07) is 0. The third kappa shape index (κ3) is 2.14. The van der Waals surface area contributed by atoms with Gasteiger partial charge in [-0.1, -0.05) is 11.6 Å². The van der Waals surface area contributed by atoms with Crippen LogP contribution in [0.1, 0.15) is 44.1 Å². The Kier molecular flexibility index (Phi) is 2.54. The first-order valence-corrected chi connectivity index (χ1v) is 7.07. The number of hydrogen-bond acceptors (Lipinski definition) is 4. The summed E-state index contributed by atoms with van der Waals surface area (Å²) in [5.41, 5.74) is -0.379. The maximum atomic E-state index is 12.6. The first kappa shape index (κ1) is 10.9. The van der Waals surface area contributed by atoms with Crippen LogP contribution in [0.5, 0.6) is 0 Å². The van der Waals surface area contributed by atoms with Gasteiger partial charge in [0.2, 0.25) is 0 Å². The highest BCUT2D eigenvalue weighted by Crippen LogP contribution is 2.58. The van der Waals surface area contributed by atoms with Crippen LogP contribution in [0.4, 0.5) is 0 Å². The summed E-state index contributed by atoms with van der Waals surface area (Å²) >= 11 is 0. The molecule has 112 valence electrons. The summed E-state index contributed by atoms with van der Waals surface area (Å²) < 4.78 is 41.3. The Morgan fingerprint density at radius 2 is 2.35 bits per heavy atom. The number of methoxy groups -OCH3 is 1. The SMILES string of the molecule is [2H]C1([2H])C[C@]2(CO2)[C@@H]([C@]2(C)O[C@@H]2CC=C(C)C)[C@]([2H])(OC)C1=O. The van der Waals surface area contributed by atoms with Crippen molar-refractivity contribution in [3.8, 4) is 0 Å². The largest absolute Gasteiger partial charge is 0.373 e. The Balaban J connectivity index is 1.94. The van der Waals surface area contributed by atoms with Crippen molar-refractivity contribution in [2.24, 2.45) is 5.92 Å². The fourth-order valence-corrected chi connectivity index (χ4v) is 3.29. The van der Waals surface area contributed by atoms with E-state index in [2.05, 4.69) is 6.08 Å². The van der Waals surface area contributed by atoms with Crippen LogP contribution in [0.3, 0.4) is 0 Å². The molecular weight excluding hydrogens is 256 g/mol. The molecule has 2 heterocycles. The molecule has 0 aromatic carbocycles. The normalized spacial score (nSPS) is 54.8. The van der Waals surface area contributed by atoms with Crippen molar-refractivity contribution in [2.45, 2.75) is 63.4 Å². The van der Waals surface area contributed by atoms with Gasteiger partial charge in [0.25, 0.3) is 0 Å². The van der Waals surface area contributed by atoms with Gasteiger partial charge in [-0.15, -0.1) is 0 Å². The van der Waals surface area contributed by atoms with Crippen LogP contribution in [0.15, 0.2) is 11.6 Å². The van der Waals surface area contributed by atoms with Gasteiger partial charge in [-0.2, -0.15) is 0 Å². The van der Waals surface area contributed by atoms with Crippen molar-refractivity contribution < 1.29 is 23.1 Å². The van der Waals surface area contributed by atoms with Gasteiger partial charge in [-0.25, -0.2) is 0 Å². The van der Waals surface area contributed by atoms with Crippen LogP contribution < -0.4 is 0 Å². The molecule has 0 aromatic heterocycles. The standard InChI is InChI=1S/C16H24O4/c1-10(2)5-6-12-15(3,20-12)14-13(18-4)11(17)7-8-16(14)9-19-16/h5,12-14H,6-9H2,1-4H3/t12-,13-,14-,15-,16+/m1/s1/i7D2,13D. The maximum Gasteiger partial charge on any atom is 0.162 e. The second-order valence-electron chi connectivity index (χ2n) is 6.35. The molecule has 1 aliphatic carbocycles. The second-order valence-corrected chi connectivity index (χ2v) is 6.35. The maximum absolute atomic E-state index is 12.6. The number of rotatable bonds is 4. The lowest BCUT2D eigenvalue weighted by Crippen LogP contribution is -2.52. The number of allylic oxidation sites excluding steroid dienone is 1. The van der Waals surface area contributed by atoms with Gasteiger partial charge in [-0.3, -0.25) is 4.79 Å². The Morgan fingerprint density at radius 3 is 2.90 bits per heavy atom. The average Bonchev–Trinajstić information content (AvgIpc) is 3.33. The van der Waals surface area contributed by atoms with E-state index in [-0.39, 0.29) is 12.5 Å². The first-order chi connectivity index (χ1) is 10.5. The summed E-state index contributed by atoms with van der Waals surface area (Å²) in [7, 11) is 1.28. The van der Waals surface area contributed by atoms with E-state index in [4.69, 9.17) is 18.3 Å². The molecule has 2 aliphatic heterocycles. The van der Waals surface area contributed by atoms with Crippen LogP contribution in [-0.2, 0) is 19.0 Å². The van der Waals surface area contributed by atoms with E-state index < -0.39 is 35.4 Å². The highest BCUT2D eigenvalue weighted by Gasteiger charge is 2.71. The zero-order valence-electron chi connectivity index (χ0n) is 15.5. The minimum absolute atomic E-state index is 0.0399. The molecule has 1 saturated carbocycles. The minimum Gasteiger partial charge on any atom is -0.373 e. The number of Topliss-reactive ketones (excluding diaryl/α,β-unsaturated/α-hetero) is 1. The van der Waals surface area contributed by atoms with Crippen LogP contribution >= 0.6 is 0 Å². The van der Waals surface area contributed by atoms with E-state index in [1.807, 2.05) is 20.8 Å². The highest BCUT2D eigenvalue weighted by atomic mass is 16.6. The van der Waals surface area contributed by atoms with Crippen LogP contribution in [0.25, 0.3) is 0 Å². The summed E-state index contributed by atoms with van der Waals surface area (Å²) in [6.45, 7) is 6.23. The summed E-state index contributed by atoms with van der Waals surface area (Å²) in [5, 5.41) is 0. The molecule has 0 aromatic rings. The number of epoxide rings is 2. The minimum atomic E-state index is -2.12. The molecule has 4 nitrogen and oxygen atoms in total. The topological polar surface area (TPSA) is 51.4 Å². The second kappa shape index (κ2) is 4.65. The van der Waals surface area contributed by atoms with Crippen molar-refractivity contribution in [1.29, 1.82) is 0 Å². The monoisotopic (exact) mass is 283 g/mol.